The van der Waals surface area contributed by atoms with Gasteiger partial charge in [0.1, 0.15) is 5.75 Å². The molecule has 112 valence electrons. The molecule has 5 heteroatoms. The van der Waals surface area contributed by atoms with Crippen molar-refractivity contribution < 1.29 is 14.7 Å². The third kappa shape index (κ3) is 2.27. The summed E-state index contributed by atoms with van der Waals surface area (Å²) in [7, 11) is -1.86. The number of nitrogens with zero attached hydrogens (tertiary/aromatic N) is 1. The lowest BCUT2D eigenvalue weighted by molar-refractivity contribution is 0.288. The van der Waals surface area contributed by atoms with E-state index < -0.39 is 7.32 Å². The average molecular weight is 303 g/mol. The molecule has 2 N–H and O–H groups in total. The van der Waals surface area contributed by atoms with Crippen LogP contribution in [0.25, 0.3) is 27.5 Å². The summed E-state index contributed by atoms with van der Waals surface area (Å²) in [6, 6.07) is 23.6. The summed E-state index contributed by atoms with van der Waals surface area (Å²) in [6.07, 6.45) is 0. The lowest BCUT2D eigenvalue weighted by atomic mass is 10.2. The van der Waals surface area contributed by atoms with Gasteiger partial charge < -0.3 is 19.3 Å². The summed E-state index contributed by atoms with van der Waals surface area (Å²) in [5.74, 6) is 0.411. The van der Waals surface area contributed by atoms with Crippen LogP contribution >= 0.6 is 0 Å². The Labute approximate surface area is 133 Å². The van der Waals surface area contributed by atoms with Crippen molar-refractivity contribution in [3.63, 3.8) is 0 Å². The number of hydrogen-bond donors (Lipinski definition) is 2. The summed E-state index contributed by atoms with van der Waals surface area (Å²) in [6.45, 7) is 0. The van der Waals surface area contributed by atoms with E-state index in [1.54, 1.807) is 12.1 Å². The van der Waals surface area contributed by atoms with Crippen molar-refractivity contribution in [3.8, 4) is 11.4 Å². The Morgan fingerprint density at radius 1 is 0.696 bits per heavy atom. The van der Waals surface area contributed by atoms with E-state index in [0.717, 1.165) is 27.5 Å². The van der Waals surface area contributed by atoms with Crippen molar-refractivity contribution in [2.45, 2.75) is 0 Å². The van der Waals surface area contributed by atoms with Crippen LogP contribution in [0.4, 0.5) is 0 Å². The molecule has 0 fully saturated rings. The topological polar surface area (TPSA) is 54.6 Å². The van der Waals surface area contributed by atoms with E-state index in [2.05, 4.69) is 16.7 Å². The van der Waals surface area contributed by atoms with Gasteiger partial charge in [0.15, 0.2) is 0 Å². The molecule has 4 nitrogen and oxygen atoms in total. The van der Waals surface area contributed by atoms with Crippen LogP contribution in [0, 0.1) is 0 Å². The molecule has 0 spiro atoms. The zero-order valence-electron chi connectivity index (χ0n) is 12.3. The van der Waals surface area contributed by atoms with Crippen LogP contribution in [0.15, 0.2) is 72.8 Å². The van der Waals surface area contributed by atoms with Crippen LogP contribution in [0.2, 0.25) is 0 Å². The van der Waals surface area contributed by atoms with Crippen molar-refractivity contribution in [2.75, 3.05) is 0 Å². The number of rotatable bonds is 3. The Morgan fingerprint density at radius 2 is 1.22 bits per heavy atom. The van der Waals surface area contributed by atoms with E-state index in [1.807, 2.05) is 48.5 Å². The van der Waals surface area contributed by atoms with Gasteiger partial charge in [-0.1, -0.05) is 48.5 Å². The zero-order valence-corrected chi connectivity index (χ0v) is 12.3. The Hall–Kier alpha value is -2.76. The summed E-state index contributed by atoms with van der Waals surface area (Å²) < 4.78 is 7.23. The van der Waals surface area contributed by atoms with Gasteiger partial charge in [0.25, 0.3) is 0 Å². The second-order valence-corrected chi connectivity index (χ2v) is 5.28. The molecule has 0 radical (unpaired) electrons. The van der Waals surface area contributed by atoms with Gasteiger partial charge in [-0.15, -0.1) is 0 Å². The maximum Gasteiger partial charge on any atom is 0.707 e. The molecule has 0 unspecified atom stereocenters. The van der Waals surface area contributed by atoms with Crippen LogP contribution < -0.4 is 4.65 Å². The van der Waals surface area contributed by atoms with Gasteiger partial charge in [0.2, 0.25) is 0 Å². The van der Waals surface area contributed by atoms with Crippen molar-refractivity contribution in [3.05, 3.63) is 72.8 Å². The predicted molar refractivity (Wildman–Crippen MR) is 91.6 cm³/mol. The summed E-state index contributed by atoms with van der Waals surface area (Å²) >= 11 is 0. The van der Waals surface area contributed by atoms with Gasteiger partial charge in [0.05, 0.1) is 16.7 Å². The Bertz CT molecular complexity index is 941. The Balaban J connectivity index is 2.09. The minimum absolute atomic E-state index is 0.411. The molecule has 0 saturated heterocycles. The van der Waals surface area contributed by atoms with Crippen LogP contribution in [0.5, 0.6) is 5.75 Å². The molecule has 0 atom stereocenters. The maximum atomic E-state index is 9.18. The molecule has 0 aliphatic heterocycles. The highest BCUT2D eigenvalue weighted by atomic mass is 16.6. The lowest BCUT2D eigenvalue weighted by Gasteiger charge is -2.14. The van der Waals surface area contributed by atoms with E-state index >= 15 is 0 Å². The number of fused-ring (bicyclic) bond motifs is 3. The van der Waals surface area contributed by atoms with E-state index in [4.69, 9.17) is 4.65 Å². The first-order valence-corrected chi connectivity index (χ1v) is 7.36. The van der Waals surface area contributed by atoms with Crippen molar-refractivity contribution in [1.82, 2.24) is 4.57 Å². The molecule has 4 rings (SSSR count). The quantitative estimate of drug-likeness (QED) is 0.572. The Kier molecular flexibility index (Phi) is 3.30. The number of para-hydroxylation sites is 4. The van der Waals surface area contributed by atoms with E-state index in [0.29, 0.717) is 5.75 Å². The molecule has 0 aliphatic rings. The summed E-state index contributed by atoms with van der Waals surface area (Å²) in [5.41, 5.74) is 2.84. The fraction of sp³-hybridized carbons (Fsp3) is 0. The first-order chi connectivity index (χ1) is 11.3. The monoisotopic (exact) mass is 303 g/mol. The second-order valence-electron chi connectivity index (χ2n) is 5.28. The first-order valence-electron chi connectivity index (χ1n) is 7.36. The average Bonchev–Trinajstić information content (AvgIpc) is 2.90. The fourth-order valence-corrected chi connectivity index (χ4v) is 3.04. The van der Waals surface area contributed by atoms with Gasteiger partial charge >= 0.3 is 7.32 Å². The summed E-state index contributed by atoms with van der Waals surface area (Å²) in [5, 5.41) is 20.6. The first kappa shape index (κ1) is 13.9. The normalized spacial score (nSPS) is 11.0. The molecule has 1 aromatic heterocycles. The van der Waals surface area contributed by atoms with Crippen LogP contribution in [-0.2, 0) is 0 Å². The molecule has 4 aromatic rings. The molecule has 0 amide bonds. The van der Waals surface area contributed by atoms with E-state index in [-0.39, 0.29) is 0 Å². The van der Waals surface area contributed by atoms with Gasteiger partial charge in [-0.05, 0) is 24.3 Å². The van der Waals surface area contributed by atoms with Crippen LogP contribution in [0.1, 0.15) is 0 Å². The minimum Gasteiger partial charge on any atom is -0.510 e. The molecule has 23 heavy (non-hydrogen) atoms. The third-order valence-electron chi connectivity index (χ3n) is 3.92. The highest BCUT2D eigenvalue weighted by Gasteiger charge is 2.18. The molecular formula is C18H14BNO3. The largest absolute Gasteiger partial charge is 0.707 e. The zero-order chi connectivity index (χ0) is 15.8. The Morgan fingerprint density at radius 3 is 1.83 bits per heavy atom. The van der Waals surface area contributed by atoms with Gasteiger partial charge in [-0.2, -0.15) is 0 Å². The molecule has 0 aliphatic carbocycles. The van der Waals surface area contributed by atoms with Crippen LogP contribution in [-0.4, -0.2) is 21.9 Å². The molecule has 1 heterocycles. The lowest BCUT2D eigenvalue weighted by Crippen LogP contribution is -2.21. The van der Waals surface area contributed by atoms with Crippen LogP contribution in [0.3, 0.4) is 0 Å². The number of aromatic nitrogens is 1. The molecule has 0 saturated carbocycles. The summed E-state index contributed by atoms with van der Waals surface area (Å²) in [4.78, 5) is 0. The molecule has 3 aromatic carbocycles. The van der Waals surface area contributed by atoms with Gasteiger partial charge in [-0.3, -0.25) is 0 Å². The molecule has 0 bridgehead atoms. The van der Waals surface area contributed by atoms with E-state index in [9.17, 15) is 10.0 Å². The molecular weight excluding hydrogens is 289 g/mol. The van der Waals surface area contributed by atoms with Gasteiger partial charge in [0, 0.05) is 10.8 Å². The standard InChI is InChI=1S/C18H14BNO3/c21-19(22)23-18-12-6-5-11-17(18)20-15-9-3-1-7-13(15)14-8-2-4-10-16(14)20/h1-12,21-22H. The number of benzene rings is 3. The van der Waals surface area contributed by atoms with Crippen molar-refractivity contribution in [1.29, 1.82) is 0 Å². The van der Waals surface area contributed by atoms with Gasteiger partial charge in [-0.25, -0.2) is 0 Å². The minimum atomic E-state index is -1.86. The highest BCUT2D eigenvalue weighted by molar-refractivity contribution is 6.33. The van der Waals surface area contributed by atoms with Crippen molar-refractivity contribution >= 4 is 29.1 Å². The van der Waals surface area contributed by atoms with E-state index in [1.165, 1.54) is 0 Å². The second kappa shape index (κ2) is 5.46. The van der Waals surface area contributed by atoms with Crippen molar-refractivity contribution in [2.24, 2.45) is 0 Å². The SMILES string of the molecule is OB(O)Oc1ccccc1-n1c2ccccc2c2ccccc21. The highest BCUT2D eigenvalue weighted by Crippen LogP contribution is 2.34. The third-order valence-corrected chi connectivity index (χ3v) is 3.92. The predicted octanol–water partition coefficient (Wildman–Crippen LogP) is 3.13. The fourth-order valence-electron chi connectivity index (χ4n) is 3.04. The number of hydrogen-bond acceptors (Lipinski definition) is 3. The smallest absolute Gasteiger partial charge is 0.510 e. The maximum absolute atomic E-state index is 9.18.